The summed E-state index contributed by atoms with van der Waals surface area (Å²) in [4.78, 5) is 0. The number of nitrogens with one attached hydrogen (secondary N) is 1. The molecule has 0 bridgehead atoms. The number of thiophene rings is 1. The van der Waals surface area contributed by atoms with Gasteiger partial charge < -0.3 is 10.4 Å². The van der Waals surface area contributed by atoms with Crippen molar-refractivity contribution in [2.24, 2.45) is 5.92 Å². The monoisotopic (exact) mass is 277 g/mol. The molecule has 0 aromatic carbocycles. The number of halogens is 1. The Labute approximate surface area is 97.5 Å². The average molecular weight is 278 g/mol. The van der Waals surface area contributed by atoms with Crippen LogP contribution >= 0.6 is 27.3 Å². The number of hydrogen-bond donors (Lipinski definition) is 2. The van der Waals surface area contributed by atoms with E-state index in [1.165, 1.54) is 0 Å². The summed E-state index contributed by atoms with van der Waals surface area (Å²) in [7, 11) is 0. The van der Waals surface area contributed by atoms with Crippen molar-refractivity contribution in [1.82, 2.24) is 5.32 Å². The largest absolute Gasteiger partial charge is 0.387 e. The van der Waals surface area contributed by atoms with Crippen molar-refractivity contribution in [2.45, 2.75) is 20.0 Å². The molecule has 0 fully saturated rings. The maximum absolute atomic E-state index is 9.82. The molecule has 0 aliphatic heterocycles. The van der Waals surface area contributed by atoms with E-state index < -0.39 is 6.10 Å². The molecule has 0 saturated heterocycles. The van der Waals surface area contributed by atoms with Gasteiger partial charge in [-0.3, -0.25) is 0 Å². The van der Waals surface area contributed by atoms with Gasteiger partial charge in [-0.15, -0.1) is 0 Å². The zero-order valence-corrected chi connectivity index (χ0v) is 10.9. The minimum Gasteiger partial charge on any atom is -0.387 e. The van der Waals surface area contributed by atoms with E-state index in [2.05, 4.69) is 35.1 Å². The Morgan fingerprint density at radius 2 is 2.14 bits per heavy atom. The van der Waals surface area contributed by atoms with Crippen molar-refractivity contribution in [3.8, 4) is 0 Å². The molecule has 14 heavy (non-hydrogen) atoms. The van der Waals surface area contributed by atoms with Crippen LogP contribution in [0.1, 0.15) is 25.5 Å². The molecule has 1 heterocycles. The van der Waals surface area contributed by atoms with Gasteiger partial charge in [-0.2, -0.15) is 11.3 Å². The van der Waals surface area contributed by atoms with Crippen molar-refractivity contribution < 1.29 is 5.11 Å². The zero-order valence-electron chi connectivity index (χ0n) is 8.46. The Kier molecular flexibility index (Phi) is 5.09. The first kappa shape index (κ1) is 12.2. The second kappa shape index (κ2) is 5.85. The van der Waals surface area contributed by atoms with Crippen molar-refractivity contribution in [3.05, 3.63) is 20.8 Å². The highest BCUT2D eigenvalue weighted by Gasteiger charge is 2.11. The second-order valence-corrected chi connectivity index (χ2v) is 5.34. The molecule has 0 radical (unpaired) electrons. The summed E-state index contributed by atoms with van der Waals surface area (Å²) < 4.78 is 1.00. The van der Waals surface area contributed by atoms with Crippen molar-refractivity contribution in [3.63, 3.8) is 0 Å². The third-order valence-electron chi connectivity index (χ3n) is 1.89. The Bertz CT molecular complexity index is 275. The van der Waals surface area contributed by atoms with Gasteiger partial charge in [0.05, 0.1) is 6.10 Å². The summed E-state index contributed by atoms with van der Waals surface area (Å²) >= 11 is 5.01. The zero-order chi connectivity index (χ0) is 10.6. The molecule has 0 amide bonds. The molecule has 1 unspecified atom stereocenters. The first-order valence-electron chi connectivity index (χ1n) is 4.71. The minimum atomic E-state index is -0.408. The van der Waals surface area contributed by atoms with E-state index in [9.17, 15) is 5.11 Å². The van der Waals surface area contributed by atoms with Gasteiger partial charge in [0.1, 0.15) is 0 Å². The summed E-state index contributed by atoms with van der Waals surface area (Å²) in [6.07, 6.45) is -0.408. The molecule has 0 spiro atoms. The Balaban J connectivity index is 2.36. The van der Waals surface area contributed by atoms with E-state index in [0.29, 0.717) is 12.5 Å². The highest BCUT2D eigenvalue weighted by atomic mass is 79.9. The third kappa shape index (κ3) is 3.69. The molecule has 2 nitrogen and oxygen atoms in total. The lowest BCUT2D eigenvalue weighted by Crippen LogP contribution is -2.25. The summed E-state index contributed by atoms with van der Waals surface area (Å²) in [5.41, 5.74) is 0.978. The summed E-state index contributed by atoms with van der Waals surface area (Å²) in [6, 6.07) is 0. The normalized spacial score (nSPS) is 13.5. The van der Waals surface area contributed by atoms with Crippen LogP contribution in [0, 0.1) is 5.92 Å². The maximum Gasteiger partial charge on any atom is 0.0933 e. The van der Waals surface area contributed by atoms with Crippen LogP contribution in [0.15, 0.2) is 15.2 Å². The molecule has 1 atom stereocenters. The van der Waals surface area contributed by atoms with Gasteiger partial charge >= 0.3 is 0 Å². The lowest BCUT2D eigenvalue weighted by Gasteiger charge is -2.12. The van der Waals surface area contributed by atoms with Gasteiger partial charge in [0.15, 0.2) is 0 Å². The van der Waals surface area contributed by atoms with E-state index in [-0.39, 0.29) is 0 Å². The molecule has 4 heteroatoms. The quantitative estimate of drug-likeness (QED) is 0.868. The molecule has 80 valence electrons. The van der Waals surface area contributed by atoms with E-state index in [0.717, 1.165) is 16.6 Å². The van der Waals surface area contributed by atoms with E-state index in [4.69, 9.17) is 0 Å². The van der Waals surface area contributed by atoms with Crippen molar-refractivity contribution in [2.75, 3.05) is 13.1 Å². The molecule has 2 N–H and O–H groups in total. The SMILES string of the molecule is CC(C)CNCC(O)c1cscc1Br. The second-order valence-electron chi connectivity index (χ2n) is 3.74. The Hall–Kier alpha value is 0.100. The molecule has 1 aromatic rings. The van der Waals surface area contributed by atoms with Gasteiger partial charge in [-0.05, 0) is 33.8 Å². The fraction of sp³-hybridized carbons (Fsp3) is 0.600. The first-order valence-corrected chi connectivity index (χ1v) is 6.45. The molecule has 0 saturated carbocycles. The van der Waals surface area contributed by atoms with Crippen LogP contribution in [-0.4, -0.2) is 18.2 Å². The molecule has 1 aromatic heterocycles. The summed E-state index contributed by atoms with van der Waals surface area (Å²) in [6.45, 7) is 5.87. The van der Waals surface area contributed by atoms with Gasteiger partial charge in [-0.25, -0.2) is 0 Å². The Morgan fingerprint density at radius 1 is 1.43 bits per heavy atom. The Morgan fingerprint density at radius 3 is 2.64 bits per heavy atom. The van der Waals surface area contributed by atoms with Crippen LogP contribution in [0.3, 0.4) is 0 Å². The molecular weight excluding hydrogens is 262 g/mol. The number of rotatable bonds is 5. The lowest BCUT2D eigenvalue weighted by atomic mass is 10.2. The van der Waals surface area contributed by atoms with Crippen LogP contribution in [0.25, 0.3) is 0 Å². The molecule has 0 aliphatic rings. The van der Waals surface area contributed by atoms with Crippen LogP contribution in [0.5, 0.6) is 0 Å². The van der Waals surface area contributed by atoms with Gasteiger partial charge in [0, 0.05) is 22.0 Å². The fourth-order valence-corrected chi connectivity index (χ4v) is 2.76. The topological polar surface area (TPSA) is 32.3 Å². The van der Waals surface area contributed by atoms with E-state index in [1.54, 1.807) is 11.3 Å². The smallest absolute Gasteiger partial charge is 0.0933 e. The fourth-order valence-electron chi connectivity index (χ4n) is 1.15. The lowest BCUT2D eigenvalue weighted by molar-refractivity contribution is 0.173. The number of aliphatic hydroxyl groups is 1. The van der Waals surface area contributed by atoms with Crippen LogP contribution < -0.4 is 5.32 Å². The number of hydrogen-bond acceptors (Lipinski definition) is 3. The van der Waals surface area contributed by atoms with Crippen LogP contribution in [0.2, 0.25) is 0 Å². The molecule has 1 rings (SSSR count). The van der Waals surface area contributed by atoms with Gasteiger partial charge in [-0.1, -0.05) is 13.8 Å². The summed E-state index contributed by atoms with van der Waals surface area (Å²) in [5, 5.41) is 17.0. The maximum atomic E-state index is 9.82. The average Bonchev–Trinajstić information content (AvgIpc) is 2.50. The standard InChI is InChI=1S/C10H16BrNOS/c1-7(2)3-12-4-10(13)8-5-14-6-9(8)11/h5-7,10,12-13H,3-4H2,1-2H3. The van der Waals surface area contributed by atoms with Gasteiger partial charge in [0.25, 0.3) is 0 Å². The van der Waals surface area contributed by atoms with E-state index in [1.807, 2.05) is 10.8 Å². The third-order valence-corrected chi connectivity index (χ3v) is 3.64. The van der Waals surface area contributed by atoms with E-state index >= 15 is 0 Å². The van der Waals surface area contributed by atoms with Crippen LogP contribution in [-0.2, 0) is 0 Å². The predicted molar refractivity (Wildman–Crippen MR) is 64.7 cm³/mol. The molecular formula is C10H16BrNOS. The highest BCUT2D eigenvalue weighted by Crippen LogP contribution is 2.26. The van der Waals surface area contributed by atoms with Gasteiger partial charge in [0.2, 0.25) is 0 Å². The predicted octanol–water partition coefficient (Wildman–Crippen LogP) is 2.79. The van der Waals surface area contributed by atoms with Crippen molar-refractivity contribution >= 4 is 27.3 Å². The minimum absolute atomic E-state index is 0.408. The van der Waals surface area contributed by atoms with Crippen LogP contribution in [0.4, 0.5) is 0 Å². The van der Waals surface area contributed by atoms with Crippen molar-refractivity contribution in [1.29, 1.82) is 0 Å². The number of aliphatic hydroxyl groups excluding tert-OH is 1. The molecule has 0 aliphatic carbocycles. The highest BCUT2D eigenvalue weighted by molar-refractivity contribution is 9.10. The first-order chi connectivity index (χ1) is 6.61. The summed E-state index contributed by atoms with van der Waals surface area (Å²) in [5.74, 6) is 0.619.